The van der Waals surface area contributed by atoms with Crippen LogP contribution in [0, 0.1) is 5.41 Å². The van der Waals surface area contributed by atoms with E-state index in [4.69, 9.17) is 5.84 Å². The lowest BCUT2D eigenvalue weighted by atomic mass is 9.88. The number of hydrogen-bond donors (Lipinski definition) is 2. The highest BCUT2D eigenvalue weighted by Crippen LogP contribution is 2.22. The Kier molecular flexibility index (Phi) is 8.96. The van der Waals surface area contributed by atoms with Crippen molar-refractivity contribution in [3.63, 3.8) is 0 Å². The molecule has 0 aromatic heterocycles. The van der Waals surface area contributed by atoms with Gasteiger partial charge >= 0.3 is 0 Å². The van der Waals surface area contributed by atoms with Gasteiger partial charge in [0.2, 0.25) is 0 Å². The monoisotopic (exact) mass is 228 g/mol. The second-order valence-corrected chi connectivity index (χ2v) is 6.17. The minimum absolute atomic E-state index is 0.428. The van der Waals surface area contributed by atoms with Gasteiger partial charge in [0.15, 0.2) is 0 Å². The standard InChI is InChI=1S/C14H32N2/c1-5-6-7-8-9-10-13(16-15)11-12-14(2,3)4/h13,16H,5-12,15H2,1-4H3. The third-order valence-corrected chi connectivity index (χ3v) is 3.13. The Morgan fingerprint density at radius 3 is 2.12 bits per heavy atom. The SMILES string of the molecule is CCCCCCCC(CCC(C)(C)C)NN. The van der Waals surface area contributed by atoms with Crippen LogP contribution in [0.3, 0.4) is 0 Å². The molecule has 0 rings (SSSR count). The smallest absolute Gasteiger partial charge is 0.0210 e. The van der Waals surface area contributed by atoms with Gasteiger partial charge in [-0.05, 0) is 24.7 Å². The fourth-order valence-electron chi connectivity index (χ4n) is 1.91. The van der Waals surface area contributed by atoms with Gasteiger partial charge in [0.05, 0.1) is 0 Å². The number of nitrogens with two attached hydrogens (primary N) is 1. The lowest BCUT2D eigenvalue weighted by molar-refractivity contribution is 0.320. The highest BCUT2D eigenvalue weighted by molar-refractivity contribution is 4.69. The van der Waals surface area contributed by atoms with Crippen molar-refractivity contribution < 1.29 is 0 Å². The summed E-state index contributed by atoms with van der Waals surface area (Å²) >= 11 is 0. The van der Waals surface area contributed by atoms with Crippen molar-refractivity contribution >= 4 is 0 Å². The van der Waals surface area contributed by atoms with Crippen molar-refractivity contribution in [1.29, 1.82) is 0 Å². The van der Waals surface area contributed by atoms with E-state index in [9.17, 15) is 0 Å². The Bertz CT molecular complexity index is 149. The molecule has 0 aliphatic carbocycles. The Balaban J connectivity index is 3.52. The van der Waals surface area contributed by atoms with E-state index in [1.807, 2.05) is 0 Å². The normalized spacial score (nSPS) is 14.1. The van der Waals surface area contributed by atoms with Crippen molar-refractivity contribution in [1.82, 2.24) is 5.43 Å². The molecule has 1 unspecified atom stereocenters. The first-order valence-corrected chi connectivity index (χ1v) is 6.95. The summed E-state index contributed by atoms with van der Waals surface area (Å²) in [6, 6.07) is 0.515. The third kappa shape index (κ3) is 10.4. The Morgan fingerprint density at radius 1 is 1.00 bits per heavy atom. The van der Waals surface area contributed by atoms with Crippen molar-refractivity contribution in [2.45, 2.75) is 85.1 Å². The van der Waals surface area contributed by atoms with Crippen LogP contribution in [0.1, 0.15) is 79.1 Å². The molecular formula is C14H32N2. The van der Waals surface area contributed by atoms with Gasteiger partial charge in [-0.25, -0.2) is 0 Å². The Morgan fingerprint density at radius 2 is 1.62 bits per heavy atom. The molecule has 0 heterocycles. The van der Waals surface area contributed by atoms with E-state index < -0.39 is 0 Å². The molecule has 1 atom stereocenters. The van der Waals surface area contributed by atoms with Gasteiger partial charge in [-0.15, -0.1) is 0 Å². The number of unbranched alkanes of at least 4 members (excludes halogenated alkanes) is 4. The molecule has 3 N–H and O–H groups in total. The molecule has 0 saturated heterocycles. The van der Waals surface area contributed by atoms with Crippen molar-refractivity contribution in [2.75, 3.05) is 0 Å². The molecule has 0 aliphatic rings. The van der Waals surface area contributed by atoms with Crippen LogP contribution < -0.4 is 11.3 Å². The summed E-state index contributed by atoms with van der Waals surface area (Å²) in [6.45, 7) is 9.14. The Labute approximate surface area is 102 Å². The minimum Gasteiger partial charge on any atom is -0.271 e. The van der Waals surface area contributed by atoms with E-state index in [0.29, 0.717) is 11.5 Å². The zero-order valence-corrected chi connectivity index (χ0v) is 11.8. The topological polar surface area (TPSA) is 38.0 Å². The molecule has 0 spiro atoms. The van der Waals surface area contributed by atoms with E-state index in [-0.39, 0.29) is 0 Å². The first-order chi connectivity index (χ1) is 7.49. The summed E-state index contributed by atoms with van der Waals surface area (Å²) < 4.78 is 0. The van der Waals surface area contributed by atoms with E-state index in [0.717, 1.165) is 0 Å². The molecule has 0 aliphatic heterocycles. The van der Waals surface area contributed by atoms with Crippen LogP contribution in [0.25, 0.3) is 0 Å². The van der Waals surface area contributed by atoms with Gasteiger partial charge in [-0.3, -0.25) is 11.3 Å². The molecule has 0 bridgehead atoms. The quantitative estimate of drug-likeness (QED) is 0.355. The summed E-state index contributed by atoms with van der Waals surface area (Å²) in [6.07, 6.45) is 10.4. The van der Waals surface area contributed by atoms with Crippen molar-refractivity contribution in [3.05, 3.63) is 0 Å². The molecule has 2 heteroatoms. The molecule has 0 amide bonds. The Hall–Kier alpha value is -0.0800. The fourth-order valence-corrected chi connectivity index (χ4v) is 1.91. The molecule has 16 heavy (non-hydrogen) atoms. The van der Waals surface area contributed by atoms with Gasteiger partial charge < -0.3 is 0 Å². The van der Waals surface area contributed by atoms with Crippen LogP contribution in [0.4, 0.5) is 0 Å². The number of hydrogen-bond acceptors (Lipinski definition) is 2. The zero-order valence-electron chi connectivity index (χ0n) is 11.8. The van der Waals surface area contributed by atoms with Gasteiger partial charge in [-0.2, -0.15) is 0 Å². The molecule has 98 valence electrons. The lowest BCUT2D eigenvalue weighted by Gasteiger charge is -2.22. The minimum atomic E-state index is 0.428. The molecule has 0 aromatic rings. The first kappa shape index (κ1) is 15.9. The van der Waals surface area contributed by atoms with Gasteiger partial charge in [0.1, 0.15) is 0 Å². The first-order valence-electron chi connectivity index (χ1n) is 6.95. The summed E-state index contributed by atoms with van der Waals surface area (Å²) in [5.74, 6) is 5.59. The maximum Gasteiger partial charge on any atom is 0.0210 e. The molecule has 2 nitrogen and oxygen atoms in total. The summed E-state index contributed by atoms with van der Waals surface area (Å²) in [7, 11) is 0. The zero-order chi connectivity index (χ0) is 12.4. The van der Waals surface area contributed by atoms with E-state index in [2.05, 4.69) is 33.1 Å². The fraction of sp³-hybridized carbons (Fsp3) is 1.00. The van der Waals surface area contributed by atoms with Gasteiger partial charge in [0, 0.05) is 6.04 Å². The van der Waals surface area contributed by atoms with Crippen LogP contribution in [0.15, 0.2) is 0 Å². The predicted molar refractivity (Wildman–Crippen MR) is 73.2 cm³/mol. The predicted octanol–water partition coefficient (Wildman–Crippen LogP) is 4.01. The number of nitrogens with one attached hydrogen (secondary N) is 1. The van der Waals surface area contributed by atoms with Gasteiger partial charge in [0.25, 0.3) is 0 Å². The molecule has 0 fully saturated rings. The van der Waals surface area contributed by atoms with Crippen molar-refractivity contribution in [3.8, 4) is 0 Å². The second-order valence-electron chi connectivity index (χ2n) is 6.17. The molecule has 0 aromatic carbocycles. The maximum atomic E-state index is 5.59. The number of hydrazine groups is 1. The van der Waals surface area contributed by atoms with Crippen LogP contribution in [0.2, 0.25) is 0 Å². The summed E-state index contributed by atoms with van der Waals surface area (Å²) in [5, 5.41) is 0. The van der Waals surface area contributed by atoms with Gasteiger partial charge in [-0.1, -0.05) is 59.8 Å². The van der Waals surface area contributed by atoms with E-state index >= 15 is 0 Å². The van der Waals surface area contributed by atoms with Crippen molar-refractivity contribution in [2.24, 2.45) is 11.3 Å². The van der Waals surface area contributed by atoms with E-state index in [1.54, 1.807) is 0 Å². The molecule has 0 radical (unpaired) electrons. The maximum absolute atomic E-state index is 5.59. The highest BCUT2D eigenvalue weighted by Gasteiger charge is 2.13. The largest absolute Gasteiger partial charge is 0.271 e. The van der Waals surface area contributed by atoms with Crippen LogP contribution >= 0.6 is 0 Å². The average Bonchev–Trinajstić information content (AvgIpc) is 2.21. The lowest BCUT2D eigenvalue weighted by Crippen LogP contribution is -2.35. The number of rotatable bonds is 9. The van der Waals surface area contributed by atoms with Crippen LogP contribution in [-0.2, 0) is 0 Å². The highest BCUT2D eigenvalue weighted by atomic mass is 15.2. The van der Waals surface area contributed by atoms with E-state index in [1.165, 1.54) is 51.4 Å². The third-order valence-electron chi connectivity index (χ3n) is 3.13. The summed E-state index contributed by atoms with van der Waals surface area (Å²) in [5.41, 5.74) is 3.39. The van der Waals surface area contributed by atoms with Crippen LogP contribution in [0.5, 0.6) is 0 Å². The van der Waals surface area contributed by atoms with Crippen LogP contribution in [-0.4, -0.2) is 6.04 Å². The molecule has 0 saturated carbocycles. The molecular weight excluding hydrogens is 196 g/mol. The average molecular weight is 228 g/mol. The second kappa shape index (κ2) is 9.00. The summed E-state index contributed by atoms with van der Waals surface area (Å²) in [4.78, 5) is 0.